The smallest absolute Gasteiger partial charge is 0.0168 e. The summed E-state index contributed by atoms with van der Waals surface area (Å²) in [5.41, 5.74) is 0. The number of hydrogen-bond donors (Lipinski definition) is 1. The molecule has 0 aromatic rings. The van der Waals surface area contributed by atoms with Gasteiger partial charge in [0.1, 0.15) is 0 Å². The van der Waals surface area contributed by atoms with Crippen LogP contribution in [0.15, 0.2) is 0 Å². The zero-order valence-corrected chi connectivity index (χ0v) is 7.29. The molecule has 1 aliphatic heterocycles. The van der Waals surface area contributed by atoms with Crippen molar-refractivity contribution in [2.75, 3.05) is 11.5 Å². The molecule has 0 aromatic heterocycles. The quantitative estimate of drug-likeness (QED) is 0.652. The molecule has 1 aliphatic carbocycles. The molecule has 2 heteroatoms. The van der Waals surface area contributed by atoms with E-state index in [1.807, 2.05) is 0 Å². The molecule has 0 bridgehead atoms. The van der Waals surface area contributed by atoms with Crippen LogP contribution in [0.3, 0.4) is 0 Å². The third-order valence-corrected chi connectivity index (χ3v) is 3.65. The van der Waals surface area contributed by atoms with Crippen LogP contribution in [0.4, 0.5) is 0 Å². The van der Waals surface area contributed by atoms with E-state index in [0.29, 0.717) is 0 Å². The maximum Gasteiger partial charge on any atom is 0.0168 e. The second-order valence-electron chi connectivity index (χ2n) is 3.55. The first-order chi connectivity index (χ1) is 4.86. The molecular formula is C8H15NS. The Hall–Kier alpha value is 0.310. The van der Waals surface area contributed by atoms with Crippen LogP contribution in [0.5, 0.6) is 0 Å². The van der Waals surface area contributed by atoms with Gasteiger partial charge in [-0.1, -0.05) is 6.92 Å². The van der Waals surface area contributed by atoms with Crippen LogP contribution in [0, 0.1) is 5.92 Å². The fourth-order valence-corrected chi connectivity index (χ4v) is 2.69. The van der Waals surface area contributed by atoms with E-state index >= 15 is 0 Å². The predicted molar refractivity (Wildman–Crippen MR) is 46.4 cm³/mol. The van der Waals surface area contributed by atoms with Crippen molar-refractivity contribution in [3.05, 3.63) is 0 Å². The number of thioether (sulfide) groups is 1. The summed E-state index contributed by atoms with van der Waals surface area (Å²) < 4.78 is 0. The molecule has 2 aliphatic rings. The highest BCUT2D eigenvalue weighted by Gasteiger charge is 2.34. The van der Waals surface area contributed by atoms with E-state index in [9.17, 15) is 0 Å². The van der Waals surface area contributed by atoms with Gasteiger partial charge in [-0.3, -0.25) is 0 Å². The van der Waals surface area contributed by atoms with Crippen molar-refractivity contribution in [3.8, 4) is 0 Å². The summed E-state index contributed by atoms with van der Waals surface area (Å²) in [6.07, 6.45) is 2.81. The molecule has 58 valence electrons. The third kappa shape index (κ3) is 1.48. The van der Waals surface area contributed by atoms with Gasteiger partial charge in [0.05, 0.1) is 0 Å². The second-order valence-corrected chi connectivity index (χ2v) is 4.70. The zero-order chi connectivity index (χ0) is 6.97. The van der Waals surface area contributed by atoms with Crippen LogP contribution in [0.25, 0.3) is 0 Å². The maximum absolute atomic E-state index is 3.68. The first-order valence-electron chi connectivity index (χ1n) is 4.20. The topological polar surface area (TPSA) is 12.0 Å². The van der Waals surface area contributed by atoms with E-state index in [0.717, 1.165) is 18.0 Å². The monoisotopic (exact) mass is 157 g/mol. The van der Waals surface area contributed by atoms with Crippen molar-refractivity contribution in [2.45, 2.75) is 31.8 Å². The van der Waals surface area contributed by atoms with Crippen molar-refractivity contribution < 1.29 is 0 Å². The Bertz CT molecular complexity index is 120. The van der Waals surface area contributed by atoms with Gasteiger partial charge in [0.15, 0.2) is 0 Å². The van der Waals surface area contributed by atoms with E-state index in [-0.39, 0.29) is 0 Å². The molecule has 10 heavy (non-hydrogen) atoms. The summed E-state index contributed by atoms with van der Waals surface area (Å²) in [5.74, 6) is 3.69. The molecule has 0 aromatic carbocycles. The van der Waals surface area contributed by atoms with Crippen LogP contribution < -0.4 is 5.32 Å². The number of nitrogens with one attached hydrogen (secondary N) is 1. The van der Waals surface area contributed by atoms with Crippen molar-refractivity contribution in [2.24, 2.45) is 5.92 Å². The largest absolute Gasteiger partial charge is 0.310 e. The predicted octanol–water partition coefficient (Wildman–Crippen LogP) is 1.49. The van der Waals surface area contributed by atoms with E-state index in [1.165, 1.54) is 24.3 Å². The Kier molecular flexibility index (Phi) is 1.92. The van der Waals surface area contributed by atoms with Gasteiger partial charge in [0, 0.05) is 17.8 Å². The molecule has 0 amide bonds. The minimum Gasteiger partial charge on any atom is -0.310 e. The highest BCUT2D eigenvalue weighted by Crippen LogP contribution is 2.31. The van der Waals surface area contributed by atoms with Crippen molar-refractivity contribution in [1.29, 1.82) is 0 Å². The average molecular weight is 157 g/mol. The molecule has 1 heterocycles. The molecule has 1 N–H and O–H groups in total. The standard InChI is InChI=1S/C8H15NS/c1-6-4-8(6)9-7-2-3-10-5-7/h6-9H,2-5H2,1H3/t6-,7?,8-/m1/s1. The molecular weight excluding hydrogens is 142 g/mol. The first-order valence-corrected chi connectivity index (χ1v) is 5.35. The molecule has 1 saturated carbocycles. The van der Waals surface area contributed by atoms with Gasteiger partial charge in [0.25, 0.3) is 0 Å². The molecule has 1 unspecified atom stereocenters. The normalized spacial score (nSPS) is 45.9. The fraction of sp³-hybridized carbons (Fsp3) is 1.00. The minimum atomic E-state index is 0.847. The molecule has 0 spiro atoms. The van der Waals surface area contributed by atoms with Crippen molar-refractivity contribution in [1.82, 2.24) is 5.32 Å². The summed E-state index contributed by atoms with van der Waals surface area (Å²) in [4.78, 5) is 0. The van der Waals surface area contributed by atoms with Gasteiger partial charge >= 0.3 is 0 Å². The molecule has 2 rings (SSSR count). The van der Waals surface area contributed by atoms with Crippen LogP contribution in [-0.2, 0) is 0 Å². The highest BCUT2D eigenvalue weighted by molar-refractivity contribution is 7.99. The van der Waals surface area contributed by atoms with Crippen LogP contribution >= 0.6 is 11.8 Å². The molecule has 3 atom stereocenters. The third-order valence-electron chi connectivity index (χ3n) is 2.49. The van der Waals surface area contributed by atoms with Crippen LogP contribution in [0.2, 0.25) is 0 Å². The van der Waals surface area contributed by atoms with Gasteiger partial charge in [0.2, 0.25) is 0 Å². The van der Waals surface area contributed by atoms with E-state index < -0.39 is 0 Å². The Balaban J connectivity index is 1.70. The summed E-state index contributed by atoms with van der Waals surface area (Å²) in [7, 11) is 0. The minimum absolute atomic E-state index is 0.847. The van der Waals surface area contributed by atoms with Crippen LogP contribution in [-0.4, -0.2) is 23.6 Å². The maximum atomic E-state index is 3.68. The Morgan fingerprint density at radius 2 is 2.30 bits per heavy atom. The Morgan fingerprint density at radius 3 is 2.80 bits per heavy atom. The van der Waals surface area contributed by atoms with E-state index in [1.54, 1.807) is 0 Å². The summed E-state index contributed by atoms with van der Waals surface area (Å²) in [6.45, 7) is 2.33. The fourth-order valence-electron chi connectivity index (χ4n) is 1.52. The number of rotatable bonds is 2. The second kappa shape index (κ2) is 2.74. The Morgan fingerprint density at radius 1 is 1.50 bits per heavy atom. The lowest BCUT2D eigenvalue weighted by atomic mass is 10.2. The van der Waals surface area contributed by atoms with Gasteiger partial charge in [-0.25, -0.2) is 0 Å². The first kappa shape index (κ1) is 6.99. The molecule has 1 saturated heterocycles. The summed E-state index contributed by atoms with van der Waals surface area (Å²) >= 11 is 2.09. The lowest BCUT2D eigenvalue weighted by Gasteiger charge is -2.09. The van der Waals surface area contributed by atoms with Crippen LogP contribution in [0.1, 0.15) is 19.8 Å². The lowest BCUT2D eigenvalue weighted by molar-refractivity contribution is 0.538. The SMILES string of the molecule is C[C@@H]1C[C@H]1NC1CCSC1. The molecule has 1 nitrogen and oxygen atoms in total. The van der Waals surface area contributed by atoms with E-state index in [2.05, 4.69) is 24.0 Å². The average Bonchev–Trinajstić information content (AvgIpc) is 2.48. The molecule has 2 fully saturated rings. The Labute approximate surface area is 67.0 Å². The summed E-state index contributed by atoms with van der Waals surface area (Å²) in [5, 5.41) is 3.68. The van der Waals surface area contributed by atoms with Crippen molar-refractivity contribution in [3.63, 3.8) is 0 Å². The van der Waals surface area contributed by atoms with Gasteiger partial charge < -0.3 is 5.32 Å². The summed E-state index contributed by atoms with van der Waals surface area (Å²) in [6, 6.07) is 1.73. The highest BCUT2D eigenvalue weighted by atomic mass is 32.2. The number of hydrogen-bond acceptors (Lipinski definition) is 2. The molecule has 0 radical (unpaired) electrons. The van der Waals surface area contributed by atoms with Gasteiger partial charge in [-0.2, -0.15) is 11.8 Å². The van der Waals surface area contributed by atoms with Gasteiger partial charge in [-0.15, -0.1) is 0 Å². The van der Waals surface area contributed by atoms with Gasteiger partial charge in [-0.05, 0) is 24.5 Å². The lowest BCUT2D eigenvalue weighted by Crippen LogP contribution is -2.31. The zero-order valence-electron chi connectivity index (χ0n) is 6.47. The van der Waals surface area contributed by atoms with E-state index in [4.69, 9.17) is 0 Å². The van der Waals surface area contributed by atoms with Crippen molar-refractivity contribution >= 4 is 11.8 Å².